The smallest absolute Gasteiger partial charge is 0.318 e. The lowest BCUT2D eigenvalue weighted by Crippen LogP contribution is -2.45. The van der Waals surface area contributed by atoms with Gasteiger partial charge in [-0.2, -0.15) is 0 Å². The zero-order valence-corrected chi connectivity index (χ0v) is 16.3. The van der Waals surface area contributed by atoms with Crippen LogP contribution in [0.4, 0.5) is 0 Å². The van der Waals surface area contributed by atoms with Gasteiger partial charge in [0.2, 0.25) is 11.8 Å². The molecule has 0 N–H and O–H groups in total. The Bertz CT molecular complexity index is 676. The SMILES string of the molecule is CCOC(=O)[C@@]12CCCC3=C1N(CCC3)C(=O)[C@H]2CC(=O)N1CCCCC1. The highest BCUT2D eigenvalue weighted by Crippen LogP contribution is 2.57. The molecule has 1 aliphatic carbocycles. The van der Waals surface area contributed by atoms with Crippen LogP contribution < -0.4 is 0 Å². The number of allylic oxidation sites excluding steroid dienone is 1. The zero-order chi connectivity index (χ0) is 19.0. The van der Waals surface area contributed by atoms with Crippen LogP contribution >= 0.6 is 0 Å². The summed E-state index contributed by atoms with van der Waals surface area (Å²) >= 11 is 0. The van der Waals surface area contributed by atoms with Crippen molar-refractivity contribution in [1.82, 2.24) is 9.80 Å². The number of hydrogen-bond acceptors (Lipinski definition) is 4. The average molecular weight is 374 g/mol. The van der Waals surface area contributed by atoms with Crippen LogP contribution in [0.3, 0.4) is 0 Å². The quantitative estimate of drug-likeness (QED) is 0.710. The first-order chi connectivity index (χ1) is 13.1. The van der Waals surface area contributed by atoms with Crippen molar-refractivity contribution in [2.75, 3.05) is 26.2 Å². The van der Waals surface area contributed by atoms with Crippen LogP contribution in [0.15, 0.2) is 11.3 Å². The summed E-state index contributed by atoms with van der Waals surface area (Å²) < 4.78 is 5.48. The van der Waals surface area contributed by atoms with E-state index in [1.165, 1.54) is 5.57 Å². The summed E-state index contributed by atoms with van der Waals surface area (Å²) in [4.78, 5) is 43.2. The predicted molar refractivity (Wildman–Crippen MR) is 99.4 cm³/mol. The van der Waals surface area contributed by atoms with Crippen LogP contribution in [0.2, 0.25) is 0 Å². The molecule has 0 aromatic rings. The lowest BCUT2D eigenvalue weighted by atomic mass is 9.65. The molecule has 0 radical (unpaired) electrons. The minimum Gasteiger partial charge on any atom is -0.465 e. The molecule has 3 aliphatic heterocycles. The number of hydrogen-bond donors (Lipinski definition) is 0. The Morgan fingerprint density at radius 2 is 1.81 bits per heavy atom. The van der Waals surface area contributed by atoms with E-state index in [9.17, 15) is 14.4 Å². The van der Waals surface area contributed by atoms with Crippen molar-refractivity contribution in [3.05, 3.63) is 11.3 Å². The molecule has 2 atom stereocenters. The molecule has 2 fully saturated rings. The van der Waals surface area contributed by atoms with Crippen molar-refractivity contribution in [2.45, 2.75) is 64.7 Å². The number of rotatable bonds is 4. The summed E-state index contributed by atoms with van der Waals surface area (Å²) in [7, 11) is 0. The second-order valence-corrected chi connectivity index (χ2v) is 8.29. The summed E-state index contributed by atoms with van der Waals surface area (Å²) in [5.74, 6) is -0.924. The monoisotopic (exact) mass is 374 g/mol. The van der Waals surface area contributed by atoms with Gasteiger partial charge in [0, 0.05) is 31.8 Å². The van der Waals surface area contributed by atoms with Crippen molar-refractivity contribution in [2.24, 2.45) is 11.3 Å². The number of ether oxygens (including phenoxy) is 1. The molecule has 4 rings (SSSR count). The van der Waals surface area contributed by atoms with E-state index in [1.54, 1.807) is 6.92 Å². The zero-order valence-electron chi connectivity index (χ0n) is 16.3. The Hall–Kier alpha value is -1.85. The second kappa shape index (κ2) is 7.28. The third-order valence-corrected chi connectivity index (χ3v) is 6.82. The molecule has 6 nitrogen and oxygen atoms in total. The van der Waals surface area contributed by atoms with Gasteiger partial charge in [-0.05, 0) is 63.9 Å². The van der Waals surface area contributed by atoms with E-state index < -0.39 is 11.3 Å². The molecule has 3 heterocycles. The topological polar surface area (TPSA) is 66.9 Å². The molecule has 0 unspecified atom stereocenters. The van der Waals surface area contributed by atoms with Gasteiger partial charge in [0.1, 0.15) is 5.41 Å². The highest BCUT2D eigenvalue weighted by Gasteiger charge is 2.63. The van der Waals surface area contributed by atoms with Gasteiger partial charge in [-0.3, -0.25) is 14.4 Å². The molecule has 148 valence electrons. The van der Waals surface area contributed by atoms with Crippen LogP contribution in [0.5, 0.6) is 0 Å². The van der Waals surface area contributed by atoms with Gasteiger partial charge in [-0.25, -0.2) is 0 Å². The van der Waals surface area contributed by atoms with E-state index >= 15 is 0 Å². The largest absolute Gasteiger partial charge is 0.465 e. The van der Waals surface area contributed by atoms with Gasteiger partial charge < -0.3 is 14.5 Å². The maximum absolute atomic E-state index is 13.3. The molecular weight excluding hydrogens is 344 g/mol. The van der Waals surface area contributed by atoms with Crippen molar-refractivity contribution in [1.29, 1.82) is 0 Å². The van der Waals surface area contributed by atoms with E-state index in [2.05, 4.69) is 0 Å². The molecule has 0 saturated carbocycles. The molecule has 0 bridgehead atoms. The van der Waals surface area contributed by atoms with Crippen LogP contribution in [-0.2, 0) is 19.1 Å². The van der Waals surface area contributed by atoms with Gasteiger partial charge in [-0.1, -0.05) is 0 Å². The minimum absolute atomic E-state index is 0.0179. The fourth-order valence-corrected chi connectivity index (χ4v) is 5.64. The van der Waals surface area contributed by atoms with Crippen LogP contribution in [0.1, 0.15) is 64.7 Å². The van der Waals surface area contributed by atoms with Gasteiger partial charge in [0.05, 0.1) is 12.5 Å². The van der Waals surface area contributed by atoms with Crippen LogP contribution in [-0.4, -0.2) is 53.8 Å². The Balaban J connectivity index is 1.70. The summed E-state index contributed by atoms with van der Waals surface area (Å²) in [6.07, 6.45) is 7.67. The normalized spacial score (nSPS) is 30.4. The number of carbonyl (C=O) groups is 3. The molecule has 0 aromatic carbocycles. The van der Waals surface area contributed by atoms with Gasteiger partial charge in [0.15, 0.2) is 0 Å². The second-order valence-electron chi connectivity index (χ2n) is 8.29. The number of likely N-dealkylation sites (tertiary alicyclic amines) is 1. The minimum atomic E-state index is -0.938. The summed E-state index contributed by atoms with van der Waals surface area (Å²) in [6, 6.07) is 0. The lowest BCUT2D eigenvalue weighted by molar-refractivity contribution is -0.158. The molecule has 27 heavy (non-hydrogen) atoms. The number of carbonyl (C=O) groups excluding carboxylic acids is 3. The Kier molecular flexibility index (Phi) is 4.99. The summed E-state index contributed by atoms with van der Waals surface area (Å²) in [5.41, 5.74) is 1.20. The number of esters is 1. The van der Waals surface area contributed by atoms with Crippen LogP contribution in [0, 0.1) is 11.3 Å². The maximum Gasteiger partial charge on any atom is 0.318 e. The molecule has 0 aromatic heterocycles. The van der Waals surface area contributed by atoms with Gasteiger partial charge in [0.25, 0.3) is 0 Å². The standard InChI is InChI=1S/C21H30N2O4/c1-2-27-20(26)21-10-6-8-15-9-7-13-23(18(15)21)19(25)16(21)14-17(24)22-11-4-3-5-12-22/h16H,2-14H2,1H3/t16-,21-/m1/s1. The molecule has 4 aliphatic rings. The first-order valence-electron chi connectivity index (χ1n) is 10.6. The van der Waals surface area contributed by atoms with Crippen molar-refractivity contribution >= 4 is 17.8 Å². The number of amides is 2. The molecule has 6 heteroatoms. The fraction of sp³-hybridized carbons (Fsp3) is 0.762. The highest BCUT2D eigenvalue weighted by molar-refractivity contribution is 5.99. The van der Waals surface area contributed by atoms with E-state index in [0.29, 0.717) is 19.6 Å². The van der Waals surface area contributed by atoms with Gasteiger partial charge in [-0.15, -0.1) is 0 Å². The Morgan fingerprint density at radius 3 is 2.56 bits per heavy atom. The van der Waals surface area contributed by atoms with Crippen LogP contribution in [0.25, 0.3) is 0 Å². The number of piperidine rings is 1. The van der Waals surface area contributed by atoms with E-state index in [4.69, 9.17) is 4.74 Å². The molecular formula is C21H30N2O4. The van der Waals surface area contributed by atoms with Crippen molar-refractivity contribution < 1.29 is 19.1 Å². The van der Waals surface area contributed by atoms with E-state index in [0.717, 1.165) is 63.7 Å². The fourth-order valence-electron chi connectivity index (χ4n) is 5.64. The third-order valence-electron chi connectivity index (χ3n) is 6.82. The van der Waals surface area contributed by atoms with E-state index in [1.807, 2.05) is 9.80 Å². The predicted octanol–water partition coefficient (Wildman–Crippen LogP) is 2.63. The molecule has 2 saturated heterocycles. The first-order valence-corrected chi connectivity index (χ1v) is 10.6. The highest BCUT2D eigenvalue weighted by atomic mass is 16.5. The lowest BCUT2D eigenvalue weighted by Gasteiger charge is -2.40. The first kappa shape index (κ1) is 18.5. The van der Waals surface area contributed by atoms with E-state index in [-0.39, 0.29) is 24.2 Å². The maximum atomic E-state index is 13.3. The average Bonchev–Trinajstić information content (AvgIpc) is 2.94. The third kappa shape index (κ3) is 2.88. The van der Waals surface area contributed by atoms with Gasteiger partial charge >= 0.3 is 5.97 Å². The number of nitrogens with zero attached hydrogens (tertiary/aromatic N) is 2. The Labute approximate surface area is 160 Å². The molecule has 0 spiro atoms. The summed E-state index contributed by atoms with van der Waals surface area (Å²) in [5, 5.41) is 0. The van der Waals surface area contributed by atoms with Crippen molar-refractivity contribution in [3.8, 4) is 0 Å². The van der Waals surface area contributed by atoms with Crippen molar-refractivity contribution in [3.63, 3.8) is 0 Å². The summed E-state index contributed by atoms with van der Waals surface area (Å²) in [6.45, 7) is 4.29. The molecule has 2 amide bonds. The Morgan fingerprint density at radius 1 is 1.07 bits per heavy atom.